The number of ether oxygens (including phenoxy) is 1. The molecule has 3 rings (SSSR count). The molecule has 2 atom stereocenters. The van der Waals surface area contributed by atoms with E-state index in [1.54, 1.807) is 0 Å². The van der Waals surface area contributed by atoms with Crippen LogP contribution >= 0.6 is 0 Å². The summed E-state index contributed by atoms with van der Waals surface area (Å²) in [5.74, 6) is 1.33. The van der Waals surface area contributed by atoms with Gasteiger partial charge in [0.25, 0.3) is 0 Å². The summed E-state index contributed by atoms with van der Waals surface area (Å²) in [6.07, 6.45) is 9.89. The molecule has 162 valence electrons. The average molecular weight is 401 g/mol. The Morgan fingerprint density at radius 1 is 1.14 bits per heavy atom. The van der Waals surface area contributed by atoms with Crippen LogP contribution in [-0.2, 0) is 5.41 Å². The topological polar surface area (TPSA) is 49.7 Å². The molecule has 1 aliphatic heterocycles. The quantitative estimate of drug-likeness (QED) is 0.400. The lowest BCUT2D eigenvalue weighted by Crippen LogP contribution is -2.53. The largest absolute Gasteiger partial charge is 0.508 e. The van der Waals surface area contributed by atoms with Crippen molar-refractivity contribution in [2.24, 2.45) is 5.41 Å². The second kappa shape index (κ2) is 7.98. The van der Waals surface area contributed by atoms with Crippen LogP contribution < -0.4 is 4.74 Å². The Balaban J connectivity index is 1.99. The fraction of sp³-hybridized carbons (Fsp3) is 0.692. The molecule has 0 spiro atoms. The Morgan fingerprint density at radius 2 is 1.86 bits per heavy atom. The Labute approximate surface area is 177 Å². The monoisotopic (exact) mass is 400 g/mol. The van der Waals surface area contributed by atoms with Gasteiger partial charge >= 0.3 is 0 Å². The van der Waals surface area contributed by atoms with Gasteiger partial charge in [0.15, 0.2) is 0 Å². The number of phenolic OH excluding ortho intramolecular Hbond substituents is 1. The molecule has 2 unspecified atom stereocenters. The van der Waals surface area contributed by atoms with E-state index in [4.69, 9.17) is 4.74 Å². The summed E-state index contributed by atoms with van der Waals surface area (Å²) in [6.45, 7) is 13.5. The van der Waals surface area contributed by atoms with E-state index in [2.05, 4.69) is 53.7 Å². The number of unbranched alkanes of at least 4 members (excludes halogenated alkanes) is 3. The molecular formula is C26H40O3. The lowest BCUT2D eigenvalue weighted by Gasteiger charge is -2.55. The van der Waals surface area contributed by atoms with Crippen LogP contribution in [0.2, 0.25) is 0 Å². The molecule has 0 aromatic heterocycles. The molecule has 1 aromatic carbocycles. The van der Waals surface area contributed by atoms with Gasteiger partial charge in [-0.1, -0.05) is 59.5 Å². The highest BCUT2D eigenvalue weighted by Crippen LogP contribution is 2.61. The first kappa shape index (κ1) is 22.2. The third-order valence-electron chi connectivity index (χ3n) is 7.90. The van der Waals surface area contributed by atoms with Crippen molar-refractivity contribution in [3.8, 4) is 11.5 Å². The van der Waals surface area contributed by atoms with Gasteiger partial charge in [0.1, 0.15) is 17.1 Å². The highest BCUT2D eigenvalue weighted by molar-refractivity contribution is 5.55. The smallest absolute Gasteiger partial charge is 0.127 e. The molecule has 0 saturated carbocycles. The van der Waals surface area contributed by atoms with E-state index in [-0.39, 0.29) is 29.0 Å². The minimum atomic E-state index is -0.349. The van der Waals surface area contributed by atoms with Gasteiger partial charge in [0.2, 0.25) is 0 Å². The highest BCUT2D eigenvalue weighted by atomic mass is 16.5. The molecule has 3 heteroatoms. The molecule has 3 nitrogen and oxygen atoms in total. The fourth-order valence-corrected chi connectivity index (χ4v) is 5.25. The maximum absolute atomic E-state index is 11.1. The standard InChI is InChI=1S/C26H40O3/c1-7-8-9-10-12-24(2,3)19-15-21(28)23-20-14-18(17-27)11-13-26(20,6)25(4,5)29-22(23)16-19/h11,15-16,20,27-28H,7-10,12-14,17H2,1-6H3. The van der Waals surface area contributed by atoms with E-state index < -0.39 is 0 Å². The summed E-state index contributed by atoms with van der Waals surface area (Å²) in [4.78, 5) is 0. The number of aliphatic hydroxyl groups excluding tert-OH is 1. The number of phenols is 1. The Kier molecular flexibility index (Phi) is 6.11. The summed E-state index contributed by atoms with van der Waals surface area (Å²) < 4.78 is 6.57. The predicted molar refractivity (Wildman–Crippen MR) is 120 cm³/mol. The van der Waals surface area contributed by atoms with E-state index in [0.717, 1.165) is 41.7 Å². The molecule has 0 bridgehead atoms. The minimum absolute atomic E-state index is 0.00275. The number of aliphatic hydroxyl groups is 1. The summed E-state index contributed by atoms with van der Waals surface area (Å²) >= 11 is 0. The van der Waals surface area contributed by atoms with Crippen molar-refractivity contribution in [2.75, 3.05) is 6.61 Å². The fourth-order valence-electron chi connectivity index (χ4n) is 5.25. The first-order valence-electron chi connectivity index (χ1n) is 11.4. The molecular weight excluding hydrogens is 360 g/mol. The number of hydrogen-bond acceptors (Lipinski definition) is 3. The molecule has 0 saturated heterocycles. The zero-order valence-electron chi connectivity index (χ0n) is 19.3. The van der Waals surface area contributed by atoms with Crippen LogP contribution in [0.4, 0.5) is 0 Å². The van der Waals surface area contributed by atoms with Crippen molar-refractivity contribution in [1.82, 2.24) is 0 Å². The van der Waals surface area contributed by atoms with Gasteiger partial charge in [-0.3, -0.25) is 0 Å². The Hall–Kier alpha value is -1.48. The summed E-state index contributed by atoms with van der Waals surface area (Å²) in [7, 11) is 0. The molecule has 29 heavy (non-hydrogen) atoms. The highest BCUT2D eigenvalue weighted by Gasteiger charge is 2.54. The van der Waals surface area contributed by atoms with Crippen molar-refractivity contribution in [3.05, 3.63) is 34.9 Å². The number of aromatic hydroxyl groups is 1. The van der Waals surface area contributed by atoms with Crippen LogP contribution in [0.15, 0.2) is 23.8 Å². The molecule has 2 N–H and O–H groups in total. The van der Waals surface area contributed by atoms with Crippen LogP contribution in [0.25, 0.3) is 0 Å². The Morgan fingerprint density at radius 3 is 2.52 bits per heavy atom. The molecule has 0 fully saturated rings. The zero-order chi connectivity index (χ0) is 21.4. The lowest BCUT2D eigenvalue weighted by molar-refractivity contribution is -0.0616. The van der Waals surface area contributed by atoms with E-state index >= 15 is 0 Å². The van der Waals surface area contributed by atoms with E-state index in [9.17, 15) is 10.2 Å². The number of rotatable bonds is 7. The first-order valence-corrected chi connectivity index (χ1v) is 11.4. The van der Waals surface area contributed by atoms with Crippen LogP contribution in [0.1, 0.15) is 104 Å². The second-order valence-corrected chi connectivity index (χ2v) is 10.6. The number of allylic oxidation sites excluding steroid dienone is 1. The second-order valence-electron chi connectivity index (χ2n) is 10.6. The van der Waals surface area contributed by atoms with Gasteiger partial charge in [0, 0.05) is 16.9 Å². The van der Waals surface area contributed by atoms with Crippen LogP contribution in [0.3, 0.4) is 0 Å². The van der Waals surface area contributed by atoms with Gasteiger partial charge in [-0.05, 0) is 61.8 Å². The van der Waals surface area contributed by atoms with Gasteiger partial charge in [-0.15, -0.1) is 0 Å². The van der Waals surface area contributed by atoms with Crippen molar-refractivity contribution in [3.63, 3.8) is 0 Å². The van der Waals surface area contributed by atoms with Gasteiger partial charge in [0.05, 0.1) is 6.61 Å². The van der Waals surface area contributed by atoms with Crippen LogP contribution in [0, 0.1) is 5.41 Å². The number of hydrogen-bond donors (Lipinski definition) is 2. The number of benzene rings is 1. The summed E-state index contributed by atoms with van der Waals surface area (Å²) in [5.41, 5.74) is 2.67. The maximum Gasteiger partial charge on any atom is 0.127 e. The molecule has 1 heterocycles. The van der Waals surface area contributed by atoms with E-state index in [0.29, 0.717) is 5.75 Å². The third kappa shape index (κ3) is 3.95. The van der Waals surface area contributed by atoms with Crippen molar-refractivity contribution in [2.45, 2.75) is 103 Å². The van der Waals surface area contributed by atoms with Gasteiger partial charge in [-0.25, -0.2) is 0 Å². The average Bonchev–Trinajstić information content (AvgIpc) is 2.65. The van der Waals surface area contributed by atoms with Crippen molar-refractivity contribution >= 4 is 0 Å². The molecule has 1 aromatic rings. The minimum Gasteiger partial charge on any atom is -0.508 e. The van der Waals surface area contributed by atoms with E-state index in [1.165, 1.54) is 25.7 Å². The third-order valence-corrected chi connectivity index (χ3v) is 7.90. The predicted octanol–water partition coefficient (Wildman–Crippen LogP) is 6.61. The first-order chi connectivity index (χ1) is 13.6. The van der Waals surface area contributed by atoms with Crippen LogP contribution in [0.5, 0.6) is 11.5 Å². The SMILES string of the molecule is CCCCCCC(C)(C)c1cc(O)c2c(c1)OC(C)(C)C1(C)CC=C(CO)CC21. The zero-order valence-corrected chi connectivity index (χ0v) is 19.3. The van der Waals surface area contributed by atoms with Gasteiger partial charge in [-0.2, -0.15) is 0 Å². The maximum atomic E-state index is 11.1. The van der Waals surface area contributed by atoms with Crippen LogP contribution in [-0.4, -0.2) is 22.4 Å². The molecule has 0 radical (unpaired) electrons. The number of fused-ring (bicyclic) bond motifs is 3. The van der Waals surface area contributed by atoms with Crippen molar-refractivity contribution in [1.29, 1.82) is 0 Å². The molecule has 1 aliphatic carbocycles. The lowest BCUT2D eigenvalue weighted by atomic mass is 9.56. The van der Waals surface area contributed by atoms with Gasteiger partial charge < -0.3 is 14.9 Å². The normalized spacial score (nSPS) is 25.6. The Bertz CT molecular complexity index is 774. The summed E-state index contributed by atoms with van der Waals surface area (Å²) in [5, 5.41) is 20.9. The van der Waals surface area contributed by atoms with E-state index in [1.807, 2.05) is 6.07 Å². The molecule has 0 amide bonds. The molecule has 2 aliphatic rings. The van der Waals surface area contributed by atoms with Crippen molar-refractivity contribution < 1.29 is 14.9 Å². The summed E-state index contributed by atoms with van der Waals surface area (Å²) in [6, 6.07) is 4.14.